The topological polar surface area (TPSA) is 84.1 Å². The second kappa shape index (κ2) is 9.04. The molecule has 160 valence electrons. The average Bonchev–Trinajstić information content (AvgIpc) is 2.64. The third-order valence-electron chi connectivity index (χ3n) is 4.52. The minimum Gasteiger partial charge on any atom is -0.460 e. The molecule has 6 nitrogen and oxygen atoms in total. The zero-order valence-corrected chi connectivity index (χ0v) is 18.5. The van der Waals surface area contributed by atoms with Crippen molar-refractivity contribution in [1.29, 1.82) is 0 Å². The molecule has 0 fully saturated rings. The zero-order valence-electron chi connectivity index (χ0n) is 17.7. The molecule has 1 aromatic carbocycles. The minimum atomic E-state index is -0.788. The standard InChI is InChI=1S/C22H26FN3O3S/c1-11(2)10-30-22-25-19-18(20(27)26-22)17(14-7-6-8-15(23)9-14)16(13(5)24-19)21(28)29-12(3)4/h6-9,11-12,17H,10H2,1-5H3,(H2,24,25,26,27). The highest BCUT2D eigenvalue weighted by Crippen LogP contribution is 2.40. The molecule has 1 aromatic heterocycles. The summed E-state index contributed by atoms with van der Waals surface area (Å²) < 4.78 is 19.4. The van der Waals surface area contributed by atoms with Crippen molar-refractivity contribution >= 4 is 23.5 Å². The highest BCUT2D eigenvalue weighted by molar-refractivity contribution is 7.99. The van der Waals surface area contributed by atoms with E-state index in [-0.39, 0.29) is 22.8 Å². The number of allylic oxidation sites excluding steroid dienone is 1. The molecule has 0 aliphatic carbocycles. The number of nitrogens with zero attached hydrogens (tertiary/aromatic N) is 1. The van der Waals surface area contributed by atoms with Gasteiger partial charge in [0.25, 0.3) is 5.56 Å². The van der Waals surface area contributed by atoms with Gasteiger partial charge in [-0.1, -0.05) is 37.7 Å². The van der Waals surface area contributed by atoms with Crippen LogP contribution in [-0.4, -0.2) is 27.8 Å². The van der Waals surface area contributed by atoms with Gasteiger partial charge in [0.05, 0.1) is 23.2 Å². The summed E-state index contributed by atoms with van der Waals surface area (Å²) in [6.45, 7) is 9.40. The maximum Gasteiger partial charge on any atom is 0.337 e. The number of anilines is 1. The number of ether oxygens (including phenoxy) is 1. The number of carbonyl (C=O) groups excluding carboxylic acids is 1. The van der Waals surface area contributed by atoms with E-state index in [1.54, 1.807) is 32.9 Å². The molecule has 0 saturated heterocycles. The zero-order chi connectivity index (χ0) is 22.0. The van der Waals surface area contributed by atoms with Crippen LogP contribution in [0.3, 0.4) is 0 Å². The van der Waals surface area contributed by atoms with E-state index in [0.717, 1.165) is 5.75 Å². The predicted molar refractivity (Wildman–Crippen MR) is 116 cm³/mol. The molecule has 1 aliphatic heterocycles. The molecule has 2 N–H and O–H groups in total. The first-order valence-corrected chi connectivity index (χ1v) is 10.9. The normalized spacial score (nSPS) is 15.9. The third kappa shape index (κ3) is 4.75. The molecule has 2 aromatic rings. The summed E-state index contributed by atoms with van der Waals surface area (Å²) in [6.07, 6.45) is -0.335. The van der Waals surface area contributed by atoms with E-state index < -0.39 is 17.7 Å². The van der Waals surface area contributed by atoms with E-state index >= 15 is 0 Å². The maximum absolute atomic E-state index is 14.0. The van der Waals surface area contributed by atoms with Gasteiger partial charge in [-0.15, -0.1) is 0 Å². The van der Waals surface area contributed by atoms with Crippen LogP contribution in [0.2, 0.25) is 0 Å². The summed E-state index contributed by atoms with van der Waals surface area (Å²) in [5, 5.41) is 3.59. The first kappa shape index (κ1) is 22.1. The molecule has 2 heterocycles. The van der Waals surface area contributed by atoms with Crippen LogP contribution in [0, 0.1) is 11.7 Å². The number of halogens is 1. The van der Waals surface area contributed by atoms with Crippen LogP contribution in [0.5, 0.6) is 0 Å². The Hall–Kier alpha value is -2.61. The minimum absolute atomic E-state index is 0.274. The number of rotatable bonds is 6. The Morgan fingerprint density at radius 3 is 2.67 bits per heavy atom. The van der Waals surface area contributed by atoms with Gasteiger partial charge in [0.15, 0.2) is 5.16 Å². The lowest BCUT2D eigenvalue weighted by atomic mass is 9.82. The largest absolute Gasteiger partial charge is 0.460 e. The molecular formula is C22H26FN3O3S. The van der Waals surface area contributed by atoms with Gasteiger partial charge >= 0.3 is 5.97 Å². The lowest BCUT2D eigenvalue weighted by Crippen LogP contribution is -2.32. The average molecular weight is 432 g/mol. The Morgan fingerprint density at radius 2 is 2.03 bits per heavy atom. The number of aromatic nitrogens is 2. The number of benzene rings is 1. The van der Waals surface area contributed by atoms with Crippen LogP contribution in [-0.2, 0) is 9.53 Å². The van der Waals surface area contributed by atoms with E-state index in [4.69, 9.17) is 4.74 Å². The molecule has 0 radical (unpaired) electrons. The number of H-pyrrole nitrogens is 1. The van der Waals surface area contributed by atoms with Gasteiger partial charge in [-0.25, -0.2) is 14.2 Å². The highest BCUT2D eigenvalue weighted by Gasteiger charge is 2.36. The number of carbonyl (C=O) groups is 1. The molecule has 30 heavy (non-hydrogen) atoms. The van der Waals surface area contributed by atoms with Gasteiger partial charge in [-0.2, -0.15) is 0 Å². The van der Waals surface area contributed by atoms with Gasteiger partial charge in [0.1, 0.15) is 11.6 Å². The van der Waals surface area contributed by atoms with Crippen molar-refractivity contribution < 1.29 is 13.9 Å². The second-order valence-corrected chi connectivity index (χ2v) is 8.95. The van der Waals surface area contributed by atoms with Crippen molar-refractivity contribution in [3.8, 4) is 0 Å². The second-order valence-electron chi connectivity index (χ2n) is 7.94. The van der Waals surface area contributed by atoms with E-state index in [2.05, 4.69) is 29.1 Å². The molecular weight excluding hydrogens is 405 g/mol. The fraction of sp³-hybridized carbons (Fsp3) is 0.409. The van der Waals surface area contributed by atoms with Gasteiger partial charge in [0.2, 0.25) is 0 Å². The van der Waals surface area contributed by atoms with Gasteiger partial charge in [-0.3, -0.25) is 4.79 Å². The quantitative estimate of drug-likeness (QED) is 0.400. The van der Waals surface area contributed by atoms with Crippen LogP contribution in [0.1, 0.15) is 51.7 Å². The number of nitrogens with one attached hydrogen (secondary N) is 2. The van der Waals surface area contributed by atoms with E-state index in [9.17, 15) is 14.0 Å². The molecule has 0 bridgehead atoms. The summed E-state index contributed by atoms with van der Waals surface area (Å²) in [7, 11) is 0. The van der Waals surface area contributed by atoms with Gasteiger partial charge < -0.3 is 15.0 Å². The molecule has 8 heteroatoms. The molecule has 3 rings (SSSR count). The number of hydrogen-bond acceptors (Lipinski definition) is 6. The van der Waals surface area contributed by atoms with E-state index in [0.29, 0.717) is 28.2 Å². The fourth-order valence-electron chi connectivity index (χ4n) is 3.31. The summed E-state index contributed by atoms with van der Waals surface area (Å²) in [5.41, 5.74) is 1.20. The Kier molecular flexibility index (Phi) is 6.65. The van der Waals surface area contributed by atoms with Crippen LogP contribution in [0.15, 0.2) is 45.5 Å². The van der Waals surface area contributed by atoms with Crippen molar-refractivity contribution in [2.75, 3.05) is 11.1 Å². The van der Waals surface area contributed by atoms with Crippen LogP contribution >= 0.6 is 11.8 Å². The number of esters is 1. The van der Waals surface area contributed by atoms with Crippen molar-refractivity contribution in [2.45, 2.75) is 51.8 Å². The lowest BCUT2D eigenvalue weighted by molar-refractivity contribution is -0.143. The molecule has 0 amide bonds. The van der Waals surface area contributed by atoms with Crippen LogP contribution in [0.4, 0.5) is 10.2 Å². The smallest absolute Gasteiger partial charge is 0.337 e. The van der Waals surface area contributed by atoms with Gasteiger partial charge in [-0.05, 0) is 44.4 Å². The van der Waals surface area contributed by atoms with Crippen molar-refractivity contribution in [3.63, 3.8) is 0 Å². The number of fused-ring (bicyclic) bond motifs is 1. The summed E-state index contributed by atoms with van der Waals surface area (Å²) >= 11 is 1.46. The SMILES string of the molecule is CC1=C(C(=O)OC(C)C)C(c2cccc(F)c2)c2c(nc(SCC(C)C)[nH]c2=O)N1. The van der Waals surface area contributed by atoms with Crippen molar-refractivity contribution in [1.82, 2.24) is 9.97 Å². The number of aromatic amines is 1. The summed E-state index contributed by atoms with van der Waals surface area (Å²) in [6, 6.07) is 5.90. The van der Waals surface area contributed by atoms with Crippen molar-refractivity contribution in [3.05, 3.63) is 62.8 Å². The lowest BCUT2D eigenvalue weighted by Gasteiger charge is -2.29. The first-order chi connectivity index (χ1) is 14.2. The third-order valence-corrected chi connectivity index (χ3v) is 5.82. The van der Waals surface area contributed by atoms with E-state index in [1.807, 2.05) is 0 Å². The highest BCUT2D eigenvalue weighted by atomic mass is 32.2. The Bertz CT molecular complexity index is 1050. The summed E-state index contributed by atoms with van der Waals surface area (Å²) in [4.78, 5) is 33.4. The Balaban J connectivity index is 2.16. The van der Waals surface area contributed by atoms with Crippen LogP contribution in [0.25, 0.3) is 0 Å². The number of hydrogen-bond donors (Lipinski definition) is 2. The molecule has 0 spiro atoms. The predicted octanol–water partition coefficient (Wildman–Crippen LogP) is 4.44. The van der Waals surface area contributed by atoms with Crippen molar-refractivity contribution in [2.24, 2.45) is 5.92 Å². The Labute approximate surface area is 179 Å². The monoisotopic (exact) mass is 431 g/mol. The maximum atomic E-state index is 14.0. The fourth-order valence-corrected chi connectivity index (χ4v) is 4.12. The molecule has 1 aliphatic rings. The van der Waals surface area contributed by atoms with E-state index in [1.165, 1.54) is 23.9 Å². The number of thioether (sulfide) groups is 1. The molecule has 0 saturated carbocycles. The van der Waals surface area contributed by atoms with Crippen LogP contribution < -0.4 is 10.9 Å². The molecule has 1 atom stereocenters. The molecule has 1 unspecified atom stereocenters. The van der Waals surface area contributed by atoms with Gasteiger partial charge in [0, 0.05) is 11.4 Å². The first-order valence-electron chi connectivity index (χ1n) is 9.88. The Morgan fingerprint density at radius 1 is 1.30 bits per heavy atom. The summed E-state index contributed by atoms with van der Waals surface area (Å²) in [5.74, 6) is -0.178.